The Morgan fingerprint density at radius 1 is 0.868 bits per heavy atom. The molecule has 6 nitrogen and oxygen atoms in total. The van der Waals surface area contributed by atoms with Crippen LogP contribution in [0.25, 0.3) is 0 Å². The normalized spacial score (nSPS) is 14.5. The summed E-state index contributed by atoms with van der Waals surface area (Å²) in [5.41, 5.74) is 2.74. The van der Waals surface area contributed by atoms with Crippen molar-refractivity contribution in [3.63, 3.8) is 0 Å². The van der Waals surface area contributed by atoms with Gasteiger partial charge in [0, 0.05) is 31.9 Å². The zero-order valence-electron chi connectivity index (χ0n) is 21.5. The monoisotopic (exact) mass is 545 g/mol. The number of carbonyl (C=O) groups is 1. The Bertz CT molecular complexity index is 1420. The standard InChI is InChI=1S/C28H30F3N3O3S/c1-20-7-10-25(11-8-20)38(36,37)34(26-12-9-21(2)17-22(26)3)19-27(35)33-15-13-32(14-16-33)24-6-4-5-23(18-24)28(29,30)31/h4-12,17-18H,13-16,19H2,1-3H3. The molecule has 1 heterocycles. The highest BCUT2D eigenvalue weighted by molar-refractivity contribution is 7.92. The van der Waals surface area contributed by atoms with Gasteiger partial charge in [-0.1, -0.05) is 41.5 Å². The maximum absolute atomic E-state index is 13.7. The predicted molar refractivity (Wildman–Crippen MR) is 142 cm³/mol. The Morgan fingerprint density at radius 3 is 2.11 bits per heavy atom. The second-order valence-electron chi connectivity index (χ2n) is 9.53. The molecule has 0 spiro atoms. The van der Waals surface area contributed by atoms with E-state index in [4.69, 9.17) is 0 Å². The maximum Gasteiger partial charge on any atom is 0.416 e. The van der Waals surface area contributed by atoms with Crippen LogP contribution in [0.5, 0.6) is 0 Å². The molecule has 0 aromatic heterocycles. The van der Waals surface area contributed by atoms with Crippen LogP contribution in [0.4, 0.5) is 24.5 Å². The van der Waals surface area contributed by atoms with Crippen molar-refractivity contribution < 1.29 is 26.4 Å². The van der Waals surface area contributed by atoms with E-state index >= 15 is 0 Å². The third-order valence-electron chi connectivity index (χ3n) is 6.68. The van der Waals surface area contributed by atoms with E-state index in [2.05, 4.69) is 0 Å². The van der Waals surface area contributed by atoms with Crippen molar-refractivity contribution in [1.29, 1.82) is 0 Å². The first kappa shape index (κ1) is 27.5. The topological polar surface area (TPSA) is 60.9 Å². The minimum Gasteiger partial charge on any atom is -0.368 e. The SMILES string of the molecule is Cc1ccc(S(=O)(=O)N(CC(=O)N2CCN(c3cccc(C(F)(F)F)c3)CC2)c2ccc(C)cc2C)cc1. The van der Waals surface area contributed by atoms with Gasteiger partial charge in [0.1, 0.15) is 6.54 Å². The minimum absolute atomic E-state index is 0.0882. The summed E-state index contributed by atoms with van der Waals surface area (Å²) in [6.45, 7) is 6.39. The third-order valence-corrected chi connectivity index (χ3v) is 8.45. The van der Waals surface area contributed by atoms with Crippen LogP contribution < -0.4 is 9.21 Å². The lowest BCUT2D eigenvalue weighted by Gasteiger charge is -2.37. The van der Waals surface area contributed by atoms with Crippen molar-refractivity contribution in [1.82, 2.24) is 4.90 Å². The predicted octanol–water partition coefficient (Wildman–Crippen LogP) is 5.17. The lowest BCUT2D eigenvalue weighted by Crippen LogP contribution is -2.52. The molecule has 0 N–H and O–H groups in total. The fourth-order valence-corrected chi connectivity index (χ4v) is 6.02. The van der Waals surface area contributed by atoms with E-state index in [1.807, 2.05) is 19.9 Å². The van der Waals surface area contributed by atoms with E-state index < -0.39 is 21.8 Å². The number of aryl methyl sites for hydroxylation is 3. The number of benzene rings is 3. The smallest absolute Gasteiger partial charge is 0.368 e. The zero-order chi connectivity index (χ0) is 27.7. The molecule has 0 atom stereocenters. The van der Waals surface area contributed by atoms with Crippen LogP contribution in [0, 0.1) is 20.8 Å². The molecule has 0 radical (unpaired) electrons. The molecular weight excluding hydrogens is 515 g/mol. The Hall–Kier alpha value is -3.53. The molecule has 38 heavy (non-hydrogen) atoms. The summed E-state index contributed by atoms with van der Waals surface area (Å²) in [5, 5.41) is 0. The van der Waals surface area contributed by atoms with Gasteiger partial charge in [0.05, 0.1) is 16.1 Å². The van der Waals surface area contributed by atoms with E-state index in [0.717, 1.165) is 33.1 Å². The van der Waals surface area contributed by atoms with Crippen LogP contribution in [0.1, 0.15) is 22.3 Å². The van der Waals surface area contributed by atoms with Gasteiger partial charge in [-0.05, 0) is 62.7 Å². The van der Waals surface area contributed by atoms with Gasteiger partial charge in [-0.15, -0.1) is 0 Å². The van der Waals surface area contributed by atoms with Crippen LogP contribution in [0.2, 0.25) is 0 Å². The van der Waals surface area contributed by atoms with Gasteiger partial charge >= 0.3 is 6.18 Å². The van der Waals surface area contributed by atoms with Crippen LogP contribution in [0.3, 0.4) is 0 Å². The number of halogens is 3. The number of piperazine rings is 1. The van der Waals surface area contributed by atoms with Crippen molar-refractivity contribution >= 4 is 27.3 Å². The number of hydrogen-bond donors (Lipinski definition) is 0. The highest BCUT2D eigenvalue weighted by Gasteiger charge is 2.33. The quantitative estimate of drug-likeness (QED) is 0.429. The van der Waals surface area contributed by atoms with Gasteiger partial charge in [0.25, 0.3) is 10.0 Å². The molecule has 4 rings (SSSR count). The van der Waals surface area contributed by atoms with Gasteiger partial charge in [-0.2, -0.15) is 13.2 Å². The molecule has 3 aromatic carbocycles. The van der Waals surface area contributed by atoms with E-state index in [1.165, 1.54) is 18.2 Å². The van der Waals surface area contributed by atoms with Crippen LogP contribution in [-0.4, -0.2) is 51.9 Å². The van der Waals surface area contributed by atoms with Crippen molar-refractivity contribution in [2.75, 3.05) is 41.9 Å². The maximum atomic E-state index is 13.7. The lowest BCUT2D eigenvalue weighted by atomic mass is 10.1. The highest BCUT2D eigenvalue weighted by Crippen LogP contribution is 2.32. The van der Waals surface area contributed by atoms with Gasteiger partial charge < -0.3 is 9.80 Å². The zero-order valence-corrected chi connectivity index (χ0v) is 22.3. The van der Waals surface area contributed by atoms with Crippen LogP contribution in [0.15, 0.2) is 71.6 Å². The van der Waals surface area contributed by atoms with Crippen molar-refractivity contribution in [3.8, 4) is 0 Å². The number of alkyl halides is 3. The number of sulfonamides is 1. The number of carbonyl (C=O) groups excluding carboxylic acids is 1. The molecule has 3 aromatic rings. The van der Waals surface area contributed by atoms with Gasteiger partial charge in [0.15, 0.2) is 0 Å². The molecule has 1 fully saturated rings. The number of rotatable bonds is 6. The molecule has 1 aliphatic rings. The molecule has 10 heteroatoms. The third kappa shape index (κ3) is 5.96. The van der Waals surface area contributed by atoms with E-state index in [0.29, 0.717) is 24.5 Å². The molecule has 1 saturated heterocycles. The van der Waals surface area contributed by atoms with Gasteiger partial charge in [-0.3, -0.25) is 9.10 Å². The first-order chi connectivity index (χ1) is 17.9. The summed E-state index contributed by atoms with van der Waals surface area (Å²) in [5.74, 6) is -0.371. The summed E-state index contributed by atoms with van der Waals surface area (Å²) < 4.78 is 67.9. The molecule has 0 unspecified atom stereocenters. The summed E-state index contributed by atoms with van der Waals surface area (Å²) in [6.07, 6.45) is -4.44. The Kier molecular flexibility index (Phi) is 7.73. The van der Waals surface area contributed by atoms with Crippen molar-refractivity contribution in [2.24, 2.45) is 0 Å². The number of nitrogens with zero attached hydrogens (tertiary/aromatic N) is 3. The lowest BCUT2D eigenvalue weighted by molar-refractivity contribution is -0.137. The molecule has 0 aliphatic carbocycles. The average molecular weight is 546 g/mol. The first-order valence-electron chi connectivity index (χ1n) is 12.2. The fourth-order valence-electron chi connectivity index (χ4n) is 4.54. The minimum atomic E-state index is -4.44. The van der Waals surface area contributed by atoms with Crippen molar-refractivity contribution in [2.45, 2.75) is 31.8 Å². The summed E-state index contributed by atoms with van der Waals surface area (Å²) in [6, 6.07) is 17.0. The largest absolute Gasteiger partial charge is 0.416 e. The van der Waals surface area contributed by atoms with Crippen molar-refractivity contribution in [3.05, 3.63) is 89.0 Å². The molecule has 1 aliphatic heterocycles. The highest BCUT2D eigenvalue weighted by atomic mass is 32.2. The number of anilines is 2. The fraction of sp³-hybridized carbons (Fsp3) is 0.321. The first-order valence-corrected chi connectivity index (χ1v) is 13.7. The molecule has 202 valence electrons. The molecular formula is C28H30F3N3O3S. The van der Waals surface area contributed by atoms with Crippen LogP contribution in [-0.2, 0) is 21.0 Å². The van der Waals surface area contributed by atoms with E-state index in [1.54, 1.807) is 47.1 Å². The molecule has 0 saturated carbocycles. The average Bonchev–Trinajstić information content (AvgIpc) is 2.87. The molecule has 0 bridgehead atoms. The van der Waals surface area contributed by atoms with E-state index in [-0.39, 0.29) is 30.4 Å². The molecule has 1 amide bonds. The Morgan fingerprint density at radius 2 is 1.50 bits per heavy atom. The van der Waals surface area contributed by atoms with Crippen LogP contribution >= 0.6 is 0 Å². The number of amides is 1. The Labute approximate surface area is 221 Å². The summed E-state index contributed by atoms with van der Waals surface area (Å²) >= 11 is 0. The number of hydrogen-bond acceptors (Lipinski definition) is 4. The second-order valence-corrected chi connectivity index (χ2v) is 11.4. The van der Waals surface area contributed by atoms with Gasteiger partial charge in [0.2, 0.25) is 5.91 Å². The van der Waals surface area contributed by atoms with E-state index in [9.17, 15) is 26.4 Å². The summed E-state index contributed by atoms with van der Waals surface area (Å²) in [4.78, 5) is 16.8. The Balaban J connectivity index is 1.54. The second kappa shape index (κ2) is 10.7. The summed E-state index contributed by atoms with van der Waals surface area (Å²) in [7, 11) is -4.04. The van der Waals surface area contributed by atoms with Gasteiger partial charge in [-0.25, -0.2) is 8.42 Å².